The Bertz CT molecular complexity index is 715. The first kappa shape index (κ1) is 14.8. The molecule has 114 valence electrons. The SMILES string of the molecule is COCCN(Cc1cccs1)C(=O)c1cc2ccccc2o1. The molecule has 0 saturated heterocycles. The van der Waals surface area contributed by atoms with E-state index < -0.39 is 0 Å². The van der Waals surface area contributed by atoms with Crippen LogP contribution in [-0.4, -0.2) is 31.1 Å². The lowest BCUT2D eigenvalue weighted by Gasteiger charge is -2.20. The molecule has 1 amide bonds. The van der Waals surface area contributed by atoms with Gasteiger partial charge in [-0.15, -0.1) is 11.3 Å². The van der Waals surface area contributed by atoms with Crippen molar-refractivity contribution in [2.24, 2.45) is 0 Å². The summed E-state index contributed by atoms with van der Waals surface area (Å²) in [5, 5.41) is 2.95. The van der Waals surface area contributed by atoms with Gasteiger partial charge in [-0.2, -0.15) is 0 Å². The molecule has 2 heterocycles. The van der Waals surface area contributed by atoms with Gasteiger partial charge in [-0.3, -0.25) is 4.79 Å². The van der Waals surface area contributed by atoms with Gasteiger partial charge in [0.1, 0.15) is 5.58 Å². The molecule has 0 aliphatic rings. The highest BCUT2D eigenvalue weighted by molar-refractivity contribution is 7.09. The summed E-state index contributed by atoms with van der Waals surface area (Å²) in [6, 6.07) is 13.4. The number of hydrogen-bond donors (Lipinski definition) is 0. The van der Waals surface area contributed by atoms with Gasteiger partial charge in [0.05, 0.1) is 13.2 Å². The van der Waals surface area contributed by atoms with E-state index in [0.717, 1.165) is 15.8 Å². The highest BCUT2D eigenvalue weighted by Crippen LogP contribution is 2.21. The first-order valence-corrected chi connectivity index (χ1v) is 7.95. The number of ether oxygens (including phenoxy) is 1. The molecule has 3 aromatic rings. The average Bonchev–Trinajstić information content (AvgIpc) is 3.19. The number of amides is 1. The van der Waals surface area contributed by atoms with Crippen LogP contribution in [0.2, 0.25) is 0 Å². The monoisotopic (exact) mass is 315 g/mol. The summed E-state index contributed by atoms with van der Waals surface area (Å²) in [6.07, 6.45) is 0. The lowest BCUT2D eigenvalue weighted by Crippen LogP contribution is -2.33. The molecule has 0 atom stereocenters. The van der Waals surface area contributed by atoms with Crippen LogP contribution in [0.1, 0.15) is 15.4 Å². The number of rotatable bonds is 6. The first-order chi connectivity index (χ1) is 10.8. The number of nitrogens with zero attached hydrogens (tertiary/aromatic N) is 1. The zero-order chi connectivity index (χ0) is 15.4. The normalized spacial score (nSPS) is 11.0. The zero-order valence-corrected chi connectivity index (χ0v) is 13.1. The second-order valence-corrected chi connectivity index (χ2v) is 5.98. The topological polar surface area (TPSA) is 42.7 Å². The number of carbonyl (C=O) groups excluding carboxylic acids is 1. The van der Waals surface area contributed by atoms with E-state index in [2.05, 4.69) is 0 Å². The Hall–Kier alpha value is -2.11. The minimum atomic E-state index is -0.110. The number of fused-ring (bicyclic) bond motifs is 1. The number of methoxy groups -OCH3 is 1. The van der Waals surface area contributed by atoms with E-state index in [-0.39, 0.29) is 5.91 Å². The van der Waals surface area contributed by atoms with Crippen molar-refractivity contribution in [1.82, 2.24) is 4.90 Å². The van der Waals surface area contributed by atoms with E-state index in [1.54, 1.807) is 29.4 Å². The van der Waals surface area contributed by atoms with Crippen LogP contribution < -0.4 is 0 Å². The zero-order valence-electron chi connectivity index (χ0n) is 12.3. The molecule has 22 heavy (non-hydrogen) atoms. The standard InChI is InChI=1S/C17H17NO3S/c1-20-9-8-18(12-14-6-4-10-22-14)17(19)16-11-13-5-2-3-7-15(13)21-16/h2-7,10-11H,8-9,12H2,1H3. The molecule has 0 bridgehead atoms. The largest absolute Gasteiger partial charge is 0.451 e. The Balaban J connectivity index is 1.83. The summed E-state index contributed by atoms with van der Waals surface area (Å²) in [6.45, 7) is 1.60. The van der Waals surface area contributed by atoms with Gasteiger partial charge in [-0.05, 0) is 23.6 Å². The van der Waals surface area contributed by atoms with Crippen molar-refractivity contribution in [3.8, 4) is 0 Å². The lowest BCUT2D eigenvalue weighted by atomic mass is 10.2. The van der Waals surface area contributed by atoms with Crippen molar-refractivity contribution in [3.63, 3.8) is 0 Å². The fraction of sp³-hybridized carbons (Fsp3) is 0.235. The Morgan fingerprint density at radius 2 is 2.14 bits per heavy atom. The number of carbonyl (C=O) groups is 1. The number of thiophene rings is 1. The molecule has 4 nitrogen and oxygen atoms in total. The highest BCUT2D eigenvalue weighted by atomic mass is 32.1. The van der Waals surface area contributed by atoms with E-state index in [1.165, 1.54) is 0 Å². The van der Waals surface area contributed by atoms with E-state index >= 15 is 0 Å². The van der Waals surface area contributed by atoms with Crippen LogP contribution in [0, 0.1) is 0 Å². The molecule has 0 spiro atoms. The average molecular weight is 315 g/mol. The van der Waals surface area contributed by atoms with Crippen molar-refractivity contribution in [2.75, 3.05) is 20.3 Å². The summed E-state index contributed by atoms with van der Waals surface area (Å²) in [5.74, 6) is 0.260. The number of para-hydroxylation sites is 1. The lowest BCUT2D eigenvalue weighted by molar-refractivity contribution is 0.0653. The maximum atomic E-state index is 12.7. The molecule has 2 aromatic heterocycles. The quantitative estimate of drug-likeness (QED) is 0.695. The molecule has 1 aromatic carbocycles. The van der Waals surface area contributed by atoms with Gasteiger partial charge in [0.15, 0.2) is 5.76 Å². The van der Waals surface area contributed by atoms with Gasteiger partial charge < -0.3 is 14.1 Å². The molecule has 0 radical (unpaired) electrons. The van der Waals surface area contributed by atoms with E-state index in [4.69, 9.17) is 9.15 Å². The molecule has 3 rings (SSSR count). The molecule has 0 unspecified atom stereocenters. The van der Waals surface area contributed by atoms with Crippen LogP contribution in [0.5, 0.6) is 0 Å². The highest BCUT2D eigenvalue weighted by Gasteiger charge is 2.20. The minimum Gasteiger partial charge on any atom is -0.451 e. The molecule has 0 N–H and O–H groups in total. The summed E-state index contributed by atoms with van der Waals surface area (Å²) in [7, 11) is 1.63. The number of furan rings is 1. The maximum absolute atomic E-state index is 12.7. The van der Waals surface area contributed by atoms with Crippen LogP contribution in [0.15, 0.2) is 52.3 Å². The molecular weight excluding hydrogens is 298 g/mol. The third-order valence-corrected chi connectivity index (χ3v) is 4.28. The Morgan fingerprint density at radius 1 is 1.27 bits per heavy atom. The van der Waals surface area contributed by atoms with E-state index in [1.807, 2.05) is 41.8 Å². The van der Waals surface area contributed by atoms with Crippen LogP contribution in [0.3, 0.4) is 0 Å². The third-order valence-electron chi connectivity index (χ3n) is 3.42. The Kier molecular flexibility index (Phi) is 4.56. The van der Waals surface area contributed by atoms with Gasteiger partial charge in [0, 0.05) is 23.9 Å². The van der Waals surface area contributed by atoms with E-state index in [0.29, 0.717) is 25.5 Å². The summed E-state index contributed by atoms with van der Waals surface area (Å²) < 4.78 is 10.8. The molecule has 0 saturated carbocycles. The summed E-state index contributed by atoms with van der Waals surface area (Å²) >= 11 is 1.64. The molecule has 0 aliphatic carbocycles. The number of hydrogen-bond acceptors (Lipinski definition) is 4. The van der Waals surface area contributed by atoms with Crippen LogP contribution in [-0.2, 0) is 11.3 Å². The van der Waals surface area contributed by atoms with Gasteiger partial charge in [-0.1, -0.05) is 24.3 Å². The van der Waals surface area contributed by atoms with Crippen LogP contribution >= 0.6 is 11.3 Å². The first-order valence-electron chi connectivity index (χ1n) is 7.07. The predicted molar refractivity (Wildman–Crippen MR) is 87.1 cm³/mol. The fourth-order valence-corrected chi connectivity index (χ4v) is 3.01. The second-order valence-electron chi connectivity index (χ2n) is 4.95. The minimum absolute atomic E-state index is 0.110. The molecule has 0 fully saturated rings. The van der Waals surface area contributed by atoms with Crippen LogP contribution in [0.4, 0.5) is 0 Å². The van der Waals surface area contributed by atoms with Gasteiger partial charge in [-0.25, -0.2) is 0 Å². The Labute approximate surface area is 132 Å². The van der Waals surface area contributed by atoms with Crippen molar-refractivity contribution in [2.45, 2.75) is 6.54 Å². The third kappa shape index (κ3) is 3.21. The van der Waals surface area contributed by atoms with Crippen molar-refractivity contribution in [1.29, 1.82) is 0 Å². The fourth-order valence-electron chi connectivity index (χ4n) is 2.29. The Morgan fingerprint density at radius 3 is 2.86 bits per heavy atom. The molecular formula is C17H17NO3S. The van der Waals surface area contributed by atoms with Crippen molar-refractivity contribution >= 4 is 28.2 Å². The van der Waals surface area contributed by atoms with Gasteiger partial charge >= 0.3 is 0 Å². The van der Waals surface area contributed by atoms with Gasteiger partial charge in [0.2, 0.25) is 0 Å². The van der Waals surface area contributed by atoms with Crippen molar-refractivity contribution < 1.29 is 13.9 Å². The van der Waals surface area contributed by atoms with Crippen LogP contribution in [0.25, 0.3) is 11.0 Å². The molecule has 0 aliphatic heterocycles. The maximum Gasteiger partial charge on any atom is 0.290 e. The van der Waals surface area contributed by atoms with Crippen molar-refractivity contribution in [3.05, 3.63) is 58.5 Å². The molecule has 5 heteroatoms. The van der Waals surface area contributed by atoms with Gasteiger partial charge in [0.25, 0.3) is 5.91 Å². The second kappa shape index (κ2) is 6.77. The number of benzene rings is 1. The summed E-state index contributed by atoms with van der Waals surface area (Å²) in [4.78, 5) is 15.6. The van der Waals surface area contributed by atoms with E-state index in [9.17, 15) is 4.79 Å². The smallest absolute Gasteiger partial charge is 0.290 e. The summed E-state index contributed by atoms with van der Waals surface area (Å²) in [5.41, 5.74) is 0.730. The predicted octanol–water partition coefficient (Wildman–Crippen LogP) is 3.78.